The van der Waals surface area contributed by atoms with Crippen LogP contribution in [-0.4, -0.2) is 23.7 Å². The quantitative estimate of drug-likeness (QED) is 0.628. The molecule has 0 saturated heterocycles. The van der Waals surface area contributed by atoms with Crippen LogP contribution >= 0.6 is 11.6 Å². The van der Waals surface area contributed by atoms with Gasteiger partial charge in [0.15, 0.2) is 0 Å². The van der Waals surface area contributed by atoms with E-state index in [1.807, 2.05) is 25.1 Å². The third-order valence-electron chi connectivity index (χ3n) is 2.46. The van der Waals surface area contributed by atoms with E-state index in [4.69, 9.17) is 21.1 Å². The predicted molar refractivity (Wildman–Crippen MR) is 71.8 cm³/mol. The second-order valence-electron chi connectivity index (χ2n) is 3.58. The summed E-state index contributed by atoms with van der Waals surface area (Å²) in [6.45, 7) is 6.25. The van der Waals surface area contributed by atoms with Gasteiger partial charge in [0.1, 0.15) is 17.2 Å². The molecule has 0 aliphatic rings. The van der Waals surface area contributed by atoms with Gasteiger partial charge in [-0.05, 0) is 36.7 Å². The SMILES string of the molecule is C=C(OCC)c1nc(Cl)nc2ccc(OC)cc12. The van der Waals surface area contributed by atoms with Crippen LogP contribution in [0.4, 0.5) is 0 Å². The molecule has 0 bridgehead atoms. The molecule has 1 aromatic carbocycles. The Hall–Kier alpha value is -1.81. The highest BCUT2D eigenvalue weighted by Gasteiger charge is 2.11. The van der Waals surface area contributed by atoms with Crippen molar-refractivity contribution in [3.63, 3.8) is 0 Å². The Kier molecular flexibility index (Phi) is 3.67. The molecule has 1 heterocycles. The Morgan fingerprint density at radius 3 is 2.83 bits per heavy atom. The van der Waals surface area contributed by atoms with Gasteiger partial charge in [-0.3, -0.25) is 0 Å². The molecule has 0 fully saturated rings. The largest absolute Gasteiger partial charge is 0.497 e. The number of hydrogen-bond acceptors (Lipinski definition) is 4. The van der Waals surface area contributed by atoms with Crippen molar-refractivity contribution >= 4 is 28.3 Å². The maximum Gasteiger partial charge on any atom is 0.223 e. The highest BCUT2D eigenvalue weighted by Crippen LogP contribution is 2.27. The molecular weight excluding hydrogens is 252 g/mol. The summed E-state index contributed by atoms with van der Waals surface area (Å²) in [4.78, 5) is 8.33. The minimum absolute atomic E-state index is 0.170. The summed E-state index contributed by atoms with van der Waals surface area (Å²) in [5.41, 5.74) is 1.32. The first-order valence-electron chi connectivity index (χ1n) is 5.49. The molecule has 0 radical (unpaired) electrons. The molecule has 94 valence electrons. The molecule has 18 heavy (non-hydrogen) atoms. The molecular formula is C13H13ClN2O2. The smallest absolute Gasteiger partial charge is 0.223 e. The number of aromatic nitrogens is 2. The lowest BCUT2D eigenvalue weighted by Crippen LogP contribution is -1.98. The molecule has 0 amide bonds. The number of halogens is 1. The van der Waals surface area contributed by atoms with Gasteiger partial charge in [-0.15, -0.1) is 0 Å². The Labute approximate surface area is 110 Å². The third kappa shape index (κ3) is 2.38. The Morgan fingerprint density at radius 2 is 2.17 bits per heavy atom. The van der Waals surface area contributed by atoms with E-state index in [2.05, 4.69) is 16.5 Å². The Bertz CT molecular complexity index is 599. The molecule has 0 N–H and O–H groups in total. The van der Waals surface area contributed by atoms with Gasteiger partial charge < -0.3 is 9.47 Å². The van der Waals surface area contributed by atoms with Gasteiger partial charge in [-0.2, -0.15) is 0 Å². The fourth-order valence-electron chi connectivity index (χ4n) is 1.66. The summed E-state index contributed by atoms with van der Waals surface area (Å²) >= 11 is 5.89. The number of benzene rings is 1. The fraction of sp³-hybridized carbons (Fsp3) is 0.231. The third-order valence-corrected chi connectivity index (χ3v) is 2.63. The van der Waals surface area contributed by atoms with Gasteiger partial charge in [0.2, 0.25) is 5.28 Å². The van der Waals surface area contributed by atoms with Crippen molar-refractivity contribution in [2.24, 2.45) is 0 Å². The molecule has 0 aliphatic carbocycles. The standard InChI is InChI=1S/C13H13ClN2O2/c1-4-18-8(2)12-10-7-9(17-3)5-6-11(10)15-13(14)16-12/h5-7H,2,4H2,1,3H3. The number of hydrogen-bond donors (Lipinski definition) is 0. The molecule has 0 saturated carbocycles. The lowest BCUT2D eigenvalue weighted by Gasteiger charge is -2.10. The van der Waals surface area contributed by atoms with Crippen molar-refractivity contribution < 1.29 is 9.47 Å². The zero-order valence-corrected chi connectivity index (χ0v) is 11.0. The first kappa shape index (κ1) is 12.6. The van der Waals surface area contributed by atoms with E-state index in [-0.39, 0.29) is 5.28 Å². The molecule has 0 spiro atoms. The average Bonchev–Trinajstić information content (AvgIpc) is 2.37. The topological polar surface area (TPSA) is 44.2 Å². The normalized spacial score (nSPS) is 10.4. The van der Waals surface area contributed by atoms with Gasteiger partial charge in [0, 0.05) is 5.39 Å². The summed E-state index contributed by atoms with van der Waals surface area (Å²) in [5.74, 6) is 1.19. The maximum atomic E-state index is 5.89. The summed E-state index contributed by atoms with van der Waals surface area (Å²) in [5, 5.41) is 0.973. The molecule has 2 aromatic rings. The lowest BCUT2D eigenvalue weighted by molar-refractivity contribution is 0.298. The molecule has 5 heteroatoms. The van der Waals surface area contributed by atoms with E-state index in [0.717, 1.165) is 16.7 Å². The number of methoxy groups -OCH3 is 1. The summed E-state index contributed by atoms with van der Waals surface area (Å²) in [6, 6.07) is 5.48. The van der Waals surface area contributed by atoms with Crippen LogP contribution in [0.25, 0.3) is 16.7 Å². The Morgan fingerprint density at radius 1 is 1.39 bits per heavy atom. The summed E-state index contributed by atoms with van der Waals surface area (Å²) in [6.07, 6.45) is 0. The monoisotopic (exact) mass is 264 g/mol. The molecule has 4 nitrogen and oxygen atoms in total. The van der Waals surface area contributed by atoms with Crippen molar-refractivity contribution in [2.45, 2.75) is 6.92 Å². The van der Waals surface area contributed by atoms with Gasteiger partial charge >= 0.3 is 0 Å². The molecule has 2 rings (SSSR count). The van der Waals surface area contributed by atoms with Gasteiger partial charge in [-0.25, -0.2) is 9.97 Å². The van der Waals surface area contributed by atoms with Crippen LogP contribution in [0.15, 0.2) is 24.8 Å². The molecule has 0 aliphatic heterocycles. The van der Waals surface area contributed by atoms with Crippen molar-refractivity contribution in [3.8, 4) is 5.75 Å². The van der Waals surface area contributed by atoms with Crippen LogP contribution in [0, 0.1) is 0 Å². The van der Waals surface area contributed by atoms with Crippen molar-refractivity contribution in [1.29, 1.82) is 0 Å². The van der Waals surface area contributed by atoms with Crippen LogP contribution in [-0.2, 0) is 4.74 Å². The number of ether oxygens (including phenoxy) is 2. The van der Waals surface area contributed by atoms with Gasteiger partial charge in [0.05, 0.1) is 19.2 Å². The van der Waals surface area contributed by atoms with Crippen molar-refractivity contribution in [1.82, 2.24) is 9.97 Å². The van der Waals surface area contributed by atoms with Crippen LogP contribution in [0.5, 0.6) is 5.75 Å². The minimum atomic E-state index is 0.170. The first-order valence-corrected chi connectivity index (χ1v) is 5.87. The summed E-state index contributed by atoms with van der Waals surface area (Å²) < 4.78 is 10.6. The highest BCUT2D eigenvalue weighted by atomic mass is 35.5. The lowest BCUT2D eigenvalue weighted by atomic mass is 10.1. The van der Waals surface area contributed by atoms with Crippen LogP contribution < -0.4 is 4.74 Å². The van der Waals surface area contributed by atoms with E-state index in [1.165, 1.54) is 0 Å². The zero-order chi connectivity index (χ0) is 13.1. The van der Waals surface area contributed by atoms with E-state index in [1.54, 1.807) is 7.11 Å². The van der Waals surface area contributed by atoms with E-state index in [9.17, 15) is 0 Å². The number of nitrogens with zero attached hydrogens (tertiary/aromatic N) is 2. The number of fused-ring (bicyclic) bond motifs is 1. The minimum Gasteiger partial charge on any atom is -0.497 e. The summed E-state index contributed by atoms with van der Waals surface area (Å²) in [7, 11) is 1.61. The average molecular weight is 265 g/mol. The Balaban J connectivity index is 2.65. The zero-order valence-electron chi connectivity index (χ0n) is 10.2. The van der Waals surface area contributed by atoms with Crippen LogP contribution in [0.1, 0.15) is 12.6 Å². The van der Waals surface area contributed by atoms with Crippen molar-refractivity contribution in [2.75, 3.05) is 13.7 Å². The second-order valence-corrected chi connectivity index (χ2v) is 3.92. The number of rotatable bonds is 4. The van der Waals surface area contributed by atoms with Crippen molar-refractivity contribution in [3.05, 3.63) is 35.8 Å². The van der Waals surface area contributed by atoms with Crippen LogP contribution in [0.2, 0.25) is 5.28 Å². The molecule has 0 unspecified atom stereocenters. The predicted octanol–water partition coefficient (Wildman–Crippen LogP) is 3.30. The molecule has 1 aromatic heterocycles. The second kappa shape index (κ2) is 5.23. The van der Waals surface area contributed by atoms with E-state index < -0.39 is 0 Å². The van der Waals surface area contributed by atoms with Gasteiger partial charge in [0.25, 0.3) is 0 Å². The van der Waals surface area contributed by atoms with E-state index in [0.29, 0.717) is 18.1 Å². The van der Waals surface area contributed by atoms with E-state index >= 15 is 0 Å². The fourth-order valence-corrected chi connectivity index (χ4v) is 1.84. The maximum absolute atomic E-state index is 5.89. The molecule has 0 atom stereocenters. The van der Waals surface area contributed by atoms with Gasteiger partial charge in [-0.1, -0.05) is 6.58 Å². The first-order chi connectivity index (χ1) is 8.65. The van der Waals surface area contributed by atoms with Crippen LogP contribution in [0.3, 0.4) is 0 Å². The highest BCUT2D eigenvalue weighted by molar-refractivity contribution is 6.28.